The first kappa shape index (κ1) is 11.9. The van der Waals surface area contributed by atoms with Crippen molar-refractivity contribution in [2.75, 3.05) is 6.61 Å². The molecule has 0 saturated carbocycles. The van der Waals surface area contributed by atoms with Crippen LogP contribution in [0.25, 0.3) is 5.78 Å². The van der Waals surface area contributed by atoms with Crippen LogP contribution < -0.4 is 4.18 Å². The van der Waals surface area contributed by atoms with Gasteiger partial charge in [-0.05, 0) is 36.4 Å². The van der Waals surface area contributed by atoms with Crippen molar-refractivity contribution in [3.63, 3.8) is 0 Å². The fourth-order valence-corrected chi connectivity index (χ4v) is 2.03. The maximum absolute atomic E-state index is 5.44. The van der Waals surface area contributed by atoms with E-state index in [1.54, 1.807) is 6.20 Å². The highest BCUT2D eigenvalue weighted by Gasteiger charge is 2.11. The molecule has 0 saturated heterocycles. The van der Waals surface area contributed by atoms with Gasteiger partial charge >= 0.3 is 0 Å². The maximum Gasteiger partial charge on any atom is 0.240 e. The summed E-state index contributed by atoms with van der Waals surface area (Å²) in [5.74, 6) is 1.28. The molecule has 2 heterocycles. The SMILES string of the molecule is CCOSOc1c(C)nc2ncc(I)cn12. The van der Waals surface area contributed by atoms with Crippen LogP contribution >= 0.6 is 34.9 Å². The molecule has 2 rings (SSSR count). The third-order valence-electron chi connectivity index (χ3n) is 1.85. The van der Waals surface area contributed by atoms with Crippen LogP contribution in [0, 0.1) is 10.5 Å². The normalized spacial score (nSPS) is 10.9. The smallest absolute Gasteiger partial charge is 0.240 e. The van der Waals surface area contributed by atoms with Crippen molar-refractivity contribution in [3.8, 4) is 5.88 Å². The number of nitrogens with zero attached hydrogens (tertiary/aromatic N) is 3. The Hall–Kier alpha value is -0.540. The van der Waals surface area contributed by atoms with Gasteiger partial charge in [0.15, 0.2) is 0 Å². The molecule has 0 unspecified atom stereocenters. The second kappa shape index (κ2) is 5.19. The van der Waals surface area contributed by atoms with E-state index in [2.05, 4.69) is 32.6 Å². The van der Waals surface area contributed by atoms with Crippen LogP contribution in [0.5, 0.6) is 5.88 Å². The average molecular weight is 351 g/mol. The Morgan fingerprint density at radius 1 is 1.56 bits per heavy atom. The standard InChI is InChI=1S/C9H10IN3O2S/c1-3-14-16-15-8-6(2)12-9-11-4-7(10)5-13(8)9/h4-5H,3H2,1-2H3. The van der Waals surface area contributed by atoms with Gasteiger partial charge in [-0.1, -0.05) is 0 Å². The molecular formula is C9H10IN3O2S. The summed E-state index contributed by atoms with van der Waals surface area (Å²) >= 11 is 3.15. The van der Waals surface area contributed by atoms with Gasteiger partial charge in [0.2, 0.25) is 24.0 Å². The lowest BCUT2D eigenvalue weighted by molar-refractivity contribution is 0.366. The van der Waals surface area contributed by atoms with Crippen molar-refractivity contribution < 1.29 is 8.37 Å². The van der Waals surface area contributed by atoms with Crippen molar-refractivity contribution >= 4 is 40.7 Å². The summed E-state index contributed by atoms with van der Waals surface area (Å²) in [5.41, 5.74) is 0.793. The first-order chi connectivity index (χ1) is 7.72. The van der Waals surface area contributed by atoms with E-state index in [0.29, 0.717) is 18.3 Å². The van der Waals surface area contributed by atoms with E-state index in [1.807, 2.05) is 24.4 Å². The molecule has 0 amide bonds. The van der Waals surface area contributed by atoms with E-state index < -0.39 is 0 Å². The molecule has 0 aliphatic rings. The number of fused-ring (bicyclic) bond motifs is 1. The highest BCUT2D eigenvalue weighted by atomic mass is 127. The number of imidazole rings is 1. The molecule has 86 valence electrons. The van der Waals surface area contributed by atoms with Crippen LogP contribution in [0.1, 0.15) is 12.6 Å². The second-order valence-electron chi connectivity index (χ2n) is 3.00. The van der Waals surface area contributed by atoms with Gasteiger partial charge in [-0.15, -0.1) is 0 Å². The zero-order valence-corrected chi connectivity index (χ0v) is 11.8. The van der Waals surface area contributed by atoms with Crippen molar-refractivity contribution in [1.29, 1.82) is 0 Å². The quantitative estimate of drug-likeness (QED) is 0.482. The molecule has 7 heteroatoms. The molecule has 0 aliphatic carbocycles. The highest BCUT2D eigenvalue weighted by Crippen LogP contribution is 2.23. The molecule has 16 heavy (non-hydrogen) atoms. The maximum atomic E-state index is 5.44. The molecule has 0 N–H and O–H groups in total. The number of hydrogen-bond donors (Lipinski definition) is 0. The van der Waals surface area contributed by atoms with E-state index in [9.17, 15) is 0 Å². The molecule has 2 aromatic heterocycles. The Morgan fingerprint density at radius 3 is 3.12 bits per heavy atom. The van der Waals surface area contributed by atoms with Crippen LogP contribution in [-0.4, -0.2) is 21.0 Å². The average Bonchev–Trinajstić information content (AvgIpc) is 2.56. The third kappa shape index (κ3) is 2.41. The van der Waals surface area contributed by atoms with E-state index in [-0.39, 0.29) is 0 Å². The van der Waals surface area contributed by atoms with E-state index in [0.717, 1.165) is 21.6 Å². The van der Waals surface area contributed by atoms with Crippen LogP contribution in [0.2, 0.25) is 0 Å². The van der Waals surface area contributed by atoms with Gasteiger partial charge in [0.25, 0.3) is 0 Å². The third-order valence-corrected chi connectivity index (χ3v) is 2.96. The van der Waals surface area contributed by atoms with Gasteiger partial charge in [0.1, 0.15) is 5.69 Å². The molecule has 0 aliphatic heterocycles. The predicted molar refractivity (Wildman–Crippen MR) is 70.3 cm³/mol. The number of halogens is 1. The number of hydrogen-bond acceptors (Lipinski definition) is 5. The molecule has 0 spiro atoms. The van der Waals surface area contributed by atoms with Crippen LogP contribution in [0.15, 0.2) is 12.4 Å². The van der Waals surface area contributed by atoms with E-state index in [1.165, 1.54) is 0 Å². The summed E-state index contributed by atoms with van der Waals surface area (Å²) in [6.45, 7) is 4.38. The fourth-order valence-electron chi connectivity index (χ4n) is 1.21. The molecule has 0 fully saturated rings. The van der Waals surface area contributed by atoms with Gasteiger partial charge in [-0.2, -0.15) is 0 Å². The summed E-state index contributed by atoms with van der Waals surface area (Å²) in [6.07, 6.45) is 3.69. The van der Waals surface area contributed by atoms with E-state index in [4.69, 9.17) is 8.37 Å². The fraction of sp³-hybridized carbons (Fsp3) is 0.333. The largest absolute Gasteiger partial charge is 0.379 e. The van der Waals surface area contributed by atoms with Crippen LogP contribution in [0.3, 0.4) is 0 Å². The molecule has 0 atom stereocenters. The van der Waals surface area contributed by atoms with Crippen LogP contribution in [-0.2, 0) is 4.18 Å². The first-order valence-electron chi connectivity index (χ1n) is 4.68. The van der Waals surface area contributed by atoms with Gasteiger partial charge < -0.3 is 4.18 Å². The van der Waals surface area contributed by atoms with Gasteiger partial charge in [-0.25, -0.2) is 9.97 Å². The molecule has 2 aromatic rings. The van der Waals surface area contributed by atoms with Crippen molar-refractivity contribution in [1.82, 2.24) is 14.4 Å². The van der Waals surface area contributed by atoms with Gasteiger partial charge in [0, 0.05) is 16.0 Å². The number of rotatable bonds is 4. The highest BCUT2D eigenvalue weighted by molar-refractivity contribution is 14.1. The summed E-state index contributed by atoms with van der Waals surface area (Å²) in [5, 5.41) is 0. The molecule has 0 aromatic carbocycles. The number of aromatic nitrogens is 3. The summed E-state index contributed by atoms with van der Waals surface area (Å²) in [4.78, 5) is 8.49. The topological polar surface area (TPSA) is 48.7 Å². The lowest BCUT2D eigenvalue weighted by atomic mass is 10.5. The predicted octanol–water partition coefficient (Wildman–Crippen LogP) is 2.62. The summed E-state index contributed by atoms with van der Waals surface area (Å²) < 4.78 is 13.3. The Labute approximate surface area is 111 Å². The Morgan fingerprint density at radius 2 is 2.38 bits per heavy atom. The molecule has 0 radical (unpaired) electrons. The van der Waals surface area contributed by atoms with E-state index >= 15 is 0 Å². The first-order valence-corrected chi connectivity index (χ1v) is 6.43. The minimum absolute atomic E-state index is 0.593. The Balaban J connectivity index is 2.34. The lowest BCUT2D eigenvalue weighted by Crippen LogP contribution is -1.94. The zero-order chi connectivity index (χ0) is 11.5. The van der Waals surface area contributed by atoms with Crippen molar-refractivity contribution in [3.05, 3.63) is 21.7 Å². The Kier molecular flexibility index (Phi) is 3.87. The zero-order valence-electron chi connectivity index (χ0n) is 8.81. The molecule has 0 bridgehead atoms. The number of aryl methyl sites for hydroxylation is 1. The van der Waals surface area contributed by atoms with Crippen molar-refractivity contribution in [2.24, 2.45) is 0 Å². The molecule has 5 nitrogen and oxygen atoms in total. The minimum Gasteiger partial charge on any atom is -0.379 e. The Bertz CT molecular complexity index is 503. The van der Waals surface area contributed by atoms with Crippen LogP contribution in [0.4, 0.5) is 0 Å². The lowest BCUT2D eigenvalue weighted by Gasteiger charge is -2.02. The monoisotopic (exact) mass is 351 g/mol. The second-order valence-corrected chi connectivity index (χ2v) is 4.79. The van der Waals surface area contributed by atoms with Crippen molar-refractivity contribution in [2.45, 2.75) is 13.8 Å². The summed E-state index contributed by atoms with van der Waals surface area (Å²) in [6, 6.07) is 0. The summed E-state index contributed by atoms with van der Waals surface area (Å²) in [7, 11) is 0. The molecular weight excluding hydrogens is 341 g/mol. The van der Waals surface area contributed by atoms with Gasteiger partial charge in [0.05, 0.1) is 6.61 Å². The minimum atomic E-state index is 0.593. The van der Waals surface area contributed by atoms with Gasteiger partial charge in [-0.3, -0.25) is 8.58 Å².